The molecule has 2 heterocycles. The second-order valence-corrected chi connectivity index (χ2v) is 2.68. The number of aromatic carboxylic acids is 1. The van der Waals surface area contributed by atoms with Crippen molar-refractivity contribution in [3.8, 4) is 5.95 Å². The Morgan fingerprint density at radius 3 is 2.53 bits per heavy atom. The van der Waals surface area contributed by atoms with Crippen LogP contribution in [0.5, 0.6) is 0 Å². The number of aromatic nitrogens is 4. The minimum atomic E-state index is -1.09. The predicted octanol–water partition coefficient (Wildman–Crippen LogP) is 0.500. The molecular weight excluding hydrogens is 203 g/mol. The lowest BCUT2D eigenvalue weighted by molar-refractivity contribution is 0.0697. The predicted molar refractivity (Wildman–Crippen MR) is 46.1 cm³/mol. The van der Waals surface area contributed by atoms with Crippen molar-refractivity contribution >= 4 is 5.97 Å². The van der Waals surface area contributed by atoms with Gasteiger partial charge < -0.3 is 5.11 Å². The van der Waals surface area contributed by atoms with Gasteiger partial charge in [0, 0.05) is 6.20 Å². The smallest absolute Gasteiger partial charge is 0.338 e. The van der Waals surface area contributed by atoms with Gasteiger partial charge in [-0.1, -0.05) is 0 Å². The molecule has 1 N–H and O–H groups in total. The Kier molecular flexibility index (Phi) is 2.13. The first kappa shape index (κ1) is 9.25. The Morgan fingerprint density at radius 1 is 1.33 bits per heavy atom. The molecule has 0 spiro atoms. The molecule has 0 saturated heterocycles. The molecule has 0 unspecified atom stereocenters. The first-order valence-corrected chi connectivity index (χ1v) is 3.93. The van der Waals surface area contributed by atoms with Gasteiger partial charge in [0.2, 0.25) is 0 Å². The maximum absolute atomic E-state index is 12.5. The lowest BCUT2D eigenvalue weighted by Crippen LogP contribution is -2.01. The fraction of sp³-hybridized carbons (Fsp3) is 0. The summed E-state index contributed by atoms with van der Waals surface area (Å²) in [7, 11) is 0. The lowest BCUT2D eigenvalue weighted by Gasteiger charge is -1.96. The van der Waals surface area contributed by atoms with Crippen LogP contribution < -0.4 is 0 Å². The van der Waals surface area contributed by atoms with Crippen LogP contribution in [0.2, 0.25) is 0 Å². The minimum absolute atomic E-state index is 0.0166. The largest absolute Gasteiger partial charge is 0.478 e. The van der Waals surface area contributed by atoms with Gasteiger partial charge in [-0.25, -0.2) is 23.8 Å². The zero-order valence-corrected chi connectivity index (χ0v) is 7.33. The van der Waals surface area contributed by atoms with E-state index in [-0.39, 0.29) is 11.5 Å². The maximum Gasteiger partial charge on any atom is 0.338 e. The number of halogens is 1. The van der Waals surface area contributed by atoms with Crippen LogP contribution in [-0.2, 0) is 0 Å². The van der Waals surface area contributed by atoms with Gasteiger partial charge in [0.05, 0.1) is 24.2 Å². The number of carbonyl (C=O) groups is 1. The Hall–Kier alpha value is -2.31. The van der Waals surface area contributed by atoms with Gasteiger partial charge in [-0.2, -0.15) is 5.10 Å². The van der Waals surface area contributed by atoms with Crippen molar-refractivity contribution in [1.82, 2.24) is 19.7 Å². The normalized spacial score (nSPS) is 10.2. The number of hydrogen-bond acceptors (Lipinski definition) is 4. The highest BCUT2D eigenvalue weighted by molar-refractivity contribution is 5.86. The molecule has 0 fully saturated rings. The summed E-state index contributed by atoms with van der Waals surface area (Å²) >= 11 is 0. The van der Waals surface area contributed by atoms with Crippen LogP contribution in [0.1, 0.15) is 10.4 Å². The summed E-state index contributed by atoms with van der Waals surface area (Å²) in [5, 5.41) is 12.4. The fourth-order valence-corrected chi connectivity index (χ4v) is 0.966. The highest BCUT2D eigenvalue weighted by Gasteiger charge is 2.08. The van der Waals surface area contributed by atoms with Crippen molar-refractivity contribution in [1.29, 1.82) is 0 Å². The first-order chi connectivity index (χ1) is 7.16. The van der Waals surface area contributed by atoms with Gasteiger partial charge in [0.25, 0.3) is 5.95 Å². The zero-order chi connectivity index (χ0) is 10.8. The Labute approximate surface area is 83.0 Å². The standard InChI is InChI=1S/C8H5FN4O2/c9-6-2-10-8(11-3-6)13-4-5(1-12-13)7(14)15/h1-4H,(H,14,15). The van der Waals surface area contributed by atoms with Gasteiger partial charge in [0.15, 0.2) is 5.82 Å². The Bertz CT molecular complexity index is 494. The van der Waals surface area contributed by atoms with Gasteiger partial charge in [-0.05, 0) is 0 Å². The number of rotatable bonds is 2. The quantitative estimate of drug-likeness (QED) is 0.777. The summed E-state index contributed by atoms with van der Waals surface area (Å²) in [6.45, 7) is 0. The molecule has 2 rings (SSSR count). The van der Waals surface area contributed by atoms with Gasteiger partial charge in [0.1, 0.15) is 0 Å². The summed E-state index contributed by atoms with van der Waals surface area (Å²) in [6.07, 6.45) is 4.36. The molecule has 2 aromatic heterocycles. The molecule has 76 valence electrons. The Balaban J connectivity index is 2.37. The molecule has 0 aromatic carbocycles. The van der Waals surface area contributed by atoms with Crippen molar-refractivity contribution in [2.45, 2.75) is 0 Å². The molecule has 0 aliphatic carbocycles. The van der Waals surface area contributed by atoms with Crippen LogP contribution in [0.4, 0.5) is 4.39 Å². The summed E-state index contributed by atoms with van der Waals surface area (Å²) < 4.78 is 13.6. The van der Waals surface area contributed by atoms with Gasteiger partial charge in [-0.3, -0.25) is 0 Å². The van der Waals surface area contributed by atoms with E-state index >= 15 is 0 Å². The number of carboxylic acids is 1. The van der Waals surface area contributed by atoms with Crippen molar-refractivity contribution in [2.24, 2.45) is 0 Å². The molecule has 0 amide bonds. The maximum atomic E-state index is 12.5. The second kappa shape index (κ2) is 3.45. The summed E-state index contributed by atoms with van der Waals surface area (Å²) in [5.74, 6) is -1.54. The van der Waals surface area contributed by atoms with Crippen LogP contribution in [0.25, 0.3) is 5.95 Å². The van der Waals surface area contributed by atoms with Crippen molar-refractivity contribution in [3.63, 3.8) is 0 Å². The average molecular weight is 208 g/mol. The van der Waals surface area contributed by atoms with Crippen LogP contribution in [0.3, 0.4) is 0 Å². The third kappa shape index (κ3) is 1.80. The Morgan fingerprint density at radius 2 is 2.00 bits per heavy atom. The SMILES string of the molecule is O=C(O)c1cnn(-c2ncc(F)cn2)c1. The summed E-state index contributed by atoms with van der Waals surface area (Å²) in [4.78, 5) is 17.8. The number of nitrogens with zero attached hydrogens (tertiary/aromatic N) is 4. The van der Waals surface area contributed by atoms with E-state index in [1.54, 1.807) is 0 Å². The molecule has 0 aliphatic heterocycles. The summed E-state index contributed by atoms with van der Waals surface area (Å²) in [5.41, 5.74) is 0.0166. The second-order valence-electron chi connectivity index (χ2n) is 2.68. The molecular formula is C8H5FN4O2. The van der Waals surface area contributed by atoms with E-state index in [9.17, 15) is 9.18 Å². The highest BCUT2D eigenvalue weighted by atomic mass is 19.1. The molecule has 0 radical (unpaired) electrons. The molecule has 6 nitrogen and oxygen atoms in total. The minimum Gasteiger partial charge on any atom is -0.478 e. The van der Waals surface area contributed by atoms with Crippen molar-refractivity contribution in [2.75, 3.05) is 0 Å². The average Bonchev–Trinajstić information content (AvgIpc) is 2.68. The molecule has 0 bridgehead atoms. The van der Waals surface area contributed by atoms with E-state index in [0.717, 1.165) is 23.3 Å². The zero-order valence-electron chi connectivity index (χ0n) is 7.33. The van der Waals surface area contributed by atoms with Gasteiger partial charge in [-0.15, -0.1) is 0 Å². The molecule has 0 saturated carbocycles. The van der Waals surface area contributed by atoms with E-state index < -0.39 is 11.8 Å². The van der Waals surface area contributed by atoms with E-state index in [1.807, 2.05) is 0 Å². The van der Waals surface area contributed by atoms with Crippen molar-refractivity contribution < 1.29 is 14.3 Å². The monoisotopic (exact) mass is 208 g/mol. The number of carboxylic acid groups (broad SMARTS) is 1. The van der Waals surface area contributed by atoms with Crippen LogP contribution in [0.15, 0.2) is 24.8 Å². The van der Waals surface area contributed by atoms with E-state index in [2.05, 4.69) is 15.1 Å². The summed E-state index contributed by atoms with van der Waals surface area (Å²) in [6, 6.07) is 0. The highest BCUT2D eigenvalue weighted by Crippen LogP contribution is 2.03. The van der Waals surface area contributed by atoms with Gasteiger partial charge >= 0.3 is 5.97 Å². The lowest BCUT2D eigenvalue weighted by atomic mass is 10.4. The molecule has 2 aromatic rings. The molecule has 0 atom stereocenters. The van der Waals surface area contributed by atoms with E-state index in [1.165, 1.54) is 6.20 Å². The van der Waals surface area contributed by atoms with E-state index in [0.29, 0.717) is 0 Å². The van der Waals surface area contributed by atoms with Crippen LogP contribution in [-0.4, -0.2) is 30.8 Å². The third-order valence-electron chi connectivity index (χ3n) is 1.64. The molecule has 7 heteroatoms. The van der Waals surface area contributed by atoms with E-state index in [4.69, 9.17) is 5.11 Å². The number of hydrogen-bond donors (Lipinski definition) is 1. The van der Waals surface area contributed by atoms with Crippen molar-refractivity contribution in [3.05, 3.63) is 36.2 Å². The topological polar surface area (TPSA) is 80.9 Å². The molecule has 15 heavy (non-hydrogen) atoms. The first-order valence-electron chi connectivity index (χ1n) is 3.93. The van der Waals surface area contributed by atoms with Crippen LogP contribution >= 0.6 is 0 Å². The van der Waals surface area contributed by atoms with Crippen LogP contribution in [0, 0.1) is 5.82 Å². The molecule has 0 aliphatic rings. The third-order valence-corrected chi connectivity index (χ3v) is 1.64. The fourth-order valence-electron chi connectivity index (χ4n) is 0.966.